The molecule has 1 aliphatic heterocycles. The summed E-state index contributed by atoms with van der Waals surface area (Å²) in [6.07, 6.45) is 3.42. The van der Waals surface area contributed by atoms with E-state index in [1.54, 1.807) is 29.1 Å². The quantitative estimate of drug-likeness (QED) is 0.927. The molecule has 0 saturated carbocycles. The van der Waals surface area contributed by atoms with Gasteiger partial charge in [-0.25, -0.2) is 0 Å². The van der Waals surface area contributed by atoms with Gasteiger partial charge >= 0.3 is 0 Å². The summed E-state index contributed by atoms with van der Waals surface area (Å²) in [6, 6.07) is 13.1. The minimum atomic E-state index is -0.450. The Morgan fingerprint density at radius 1 is 1.25 bits per heavy atom. The summed E-state index contributed by atoms with van der Waals surface area (Å²) < 4.78 is 0. The maximum atomic E-state index is 12.6. The normalized spacial score (nSPS) is 20.0. The van der Waals surface area contributed by atoms with E-state index in [9.17, 15) is 9.59 Å². The summed E-state index contributed by atoms with van der Waals surface area (Å²) in [4.78, 5) is 30.4. The van der Waals surface area contributed by atoms with E-state index in [0.717, 1.165) is 11.1 Å². The van der Waals surface area contributed by atoms with Gasteiger partial charge in [0, 0.05) is 31.6 Å². The van der Waals surface area contributed by atoms with E-state index in [4.69, 9.17) is 0 Å². The zero-order valence-electron chi connectivity index (χ0n) is 13.4. The molecular formula is C18H19N3O2S. The number of carbonyl (C=O) groups excluding carboxylic acids is 2. The molecule has 0 radical (unpaired) electrons. The predicted octanol–water partition coefficient (Wildman–Crippen LogP) is 2.36. The van der Waals surface area contributed by atoms with Crippen LogP contribution in [-0.4, -0.2) is 33.5 Å². The fourth-order valence-corrected chi connectivity index (χ4v) is 4.26. The first-order chi connectivity index (χ1) is 11.7. The standard InChI is InChI=1S/C18H19N3O2S/c1-13(22)21-16(12-24-18(21)15-7-3-2-4-8-15)17(23)20-11-14-6-5-9-19-10-14/h2-10,16,18H,11-12H2,1H3,(H,20,23). The first-order valence-corrected chi connectivity index (χ1v) is 8.84. The Bertz CT molecular complexity index is 709. The molecule has 0 bridgehead atoms. The SMILES string of the molecule is CC(=O)N1C(C(=O)NCc2cccnc2)CSC1c1ccccc1. The number of nitrogens with zero attached hydrogens (tertiary/aromatic N) is 2. The maximum absolute atomic E-state index is 12.6. The van der Waals surface area contributed by atoms with Crippen molar-refractivity contribution in [2.45, 2.75) is 24.9 Å². The second kappa shape index (κ2) is 7.49. The lowest BCUT2D eigenvalue weighted by atomic mass is 10.1. The fourth-order valence-electron chi connectivity index (χ4n) is 2.78. The van der Waals surface area contributed by atoms with Crippen LogP contribution in [0.2, 0.25) is 0 Å². The zero-order valence-corrected chi connectivity index (χ0v) is 14.2. The molecule has 1 N–H and O–H groups in total. The van der Waals surface area contributed by atoms with Gasteiger partial charge in [0.25, 0.3) is 0 Å². The second-order valence-corrected chi connectivity index (χ2v) is 6.73. The number of hydrogen-bond acceptors (Lipinski definition) is 4. The molecule has 2 atom stereocenters. The number of rotatable bonds is 4. The van der Waals surface area contributed by atoms with Crippen molar-refractivity contribution in [3.63, 3.8) is 0 Å². The number of carbonyl (C=O) groups is 2. The van der Waals surface area contributed by atoms with E-state index in [1.165, 1.54) is 6.92 Å². The van der Waals surface area contributed by atoms with E-state index in [2.05, 4.69) is 10.3 Å². The Labute approximate surface area is 145 Å². The first kappa shape index (κ1) is 16.5. The maximum Gasteiger partial charge on any atom is 0.243 e. The van der Waals surface area contributed by atoms with Crippen LogP contribution in [-0.2, 0) is 16.1 Å². The number of amides is 2. The van der Waals surface area contributed by atoms with Crippen molar-refractivity contribution in [3.05, 3.63) is 66.0 Å². The average molecular weight is 341 g/mol. The van der Waals surface area contributed by atoms with E-state index >= 15 is 0 Å². The lowest BCUT2D eigenvalue weighted by molar-refractivity contribution is -0.138. The van der Waals surface area contributed by atoms with Crippen LogP contribution in [0.5, 0.6) is 0 Å². The molecule has 1 aromatic carbocycles. The third kappa shape index (κ3) is 3.59. The molecule has 0 aliphatic carbocycles. The van der Waals surface area contributed by atoms with Gasteiger partial charge in [-0.1, -0.05) is 36.4 Å². The molecular weight excluding hydrogens is 322 g/mol. The van der Waals surface area contributed by atoms with Crippen LogP contribution in [0.15, 0.2) is 54.9 Å². The minimum Gasteiger partial charge on any atom is -0.350 e. The van der Waals surface area contributed by atoms with Crippen molar-refractivity contribution in [1.82, 2.24) is 15.2 Å². The summed E-state index contributed by atoms with van der Waals surface area (Å²) in [5, 5.41) is 2.80. The summed E-state index contributed by atoms with van der Waals surface area (Å²) in [7, 11) is 0. The van der Waals surface area contributed by atoms with E-state index in [1.807, 2.05) is 42.5 Å². The highest BCUT2D eigenvalue weighted by Gasteiger charge is 2.40. The number of thioether (sulfide) groups is 1. The van der Waals surface area contributed by atoms with Crippen LogP contribution >= 0.6 is 11.8 Å². The van der Waals surface area contributed by atoms with Gasteiger partial charge in [0.2, 0.25) is 11.8 Å². The van der Waals surface area contributed by atoms with Crippen LogP contribution in [0.3, 0.4) is 0 Å². The van der Waals surface area contributed by atoms with Crippen molar-refractivity contribution < 1.29 is 9.59 Å². The lowest BCUT2D eigenvalue weighted by Gasteiger charge is -2.27. The van der Waals surface area contributed by atoms with Crippen LogP contribution in [0.1, 0.15) is 23.4 Å². The van der Waals surface area contributed by atoms with Crippen LogP contribution < -0.4 is 5.32 Å². The van der Waals surface area contributed by atoms with Crippen LogP contribution in [0.25, 0.3) is 0 Å². The van der Waals surface area contributed by atoms with Gasteiger partial charge in [0.05, 0.1) is 0 Å². The first-order valence-electron chi connectivity index (χ1n) is 7.79. The summed E-state index contributed by atoms with van der Waals surface area (Å²) in [5.41, 5.74) is 1.98. The van der Waals surface area contributed by atoms with Gasteiger partial charge in [0.15, 0.2) is 0 Å². The average Bonchev–Trinajstić information content (AvgIpc) is 3.07. The van der Waals surface area contributed by atoms with Gasteiger partial charge in [-0.05, 0) is 17.2 Å². The minimum absolute atomic E-state index is 0.0876. The molecule has 3 rings (SSSR count). The topological polar surface area (TPSA) is 62.3 Å². The van der Waals surface area contributed by atoms with Gasteiger partial charge in [-0.15, -0.1) is 11.8 Å². The number of pyridine rings is 1. The molecule has 5 nitrogen and oxygen atoms in total. The molecule has 2 heterocycles. The molecule has 1 aliphatic rings. The molecule has 6 heteroatoms. The van der Waals surface area contributed by atoms with Crippen molar-refractivity contribution in [1.29, 1.82) is 0 Å². The van der Waals surface area contributed by atoms with Crippen molar-refractivity contribution >= 4 is 23.6 Å². The van der Waals surface area contributed by atoms with Crippen LogP contribution in [0.4, 0.5) is 0 Å². The molecule has 1 fully saturated rings. The van der Waals surface area contributed by atoms with E-state index in [-0.39, 0.29) is 17.2 Å². The largest absolute Gasteiger partial charge is 0.350 e. The summed E-state index contributed by atoms with van der Waals surface area (Å²) in [6.45, 7) is 1.93. The molecule has 0 spiro atoms. The monoisotopic (exact) mass is 341 g/mol. The summed E-state index contributed by atoms with van der Waals surface area (Å²) >= 11 is 1.62. The van der Waals surface area contributed by atoms with Crippen molar-refractivity contribution in [3.8, 4) is 0 Å². The Balaban J connectivity index is 1.70. The third-order valence-electron chi connectivity index (χ3n) is 3.94. The number of aromatic nitrogens is 1. The number of hydrogen-bond donors (Lipinski definition) is 1. The van der Waals surface area contributed by atoms with Gasteiger partial charge < -0.3 is 10.2 Å². The highest BCUT2D eigenvalue weighted by molar-refractivity contribution is 7.99. The molecule has 24 heavy (non-hydrogen) atoms. The molecule has 2 aromatic rings. The second-order valence-electron chi connectivity index (χ2n) is 5.62. The molecule has 124 valence electrons. The lowest BCUT2D eigenvalue weighted by Crippen LogP contribution is -2.47. The van der Waals surface area contributed by atoms with Crippen LogP contribution in [0, 0.1) is 0 Å². The number of nitrogens with one attached hydrogen (secondary N) is 1. The smallest absolute Gasteiger partial charge is 0.243 e. The Morgan fingerprint density at radius 2 is 2.04 bits per heavy atom. The third-order valence-corrected chi connectivity index (χ3v) is 5.26. The molecule has 1 aromatic heterocycles. The Morgan fingerprint density at radius 3 is 2.71 bits per heavy atom. The fraction of sp³-hybridized carbons (Fsp3) is 0.278. The van der Waals surface area contributed by atoms with E-state index in [0.29, 0.717) is 12.3 Å². The van der Waals surface area contributed by atoms with E-state index < -0.39 is 6.04 Å². The van der Waals surface area contributed by atoms with Gasteiger partial charge in [0.1, 0.15) is 11.4 Å². The summed E-state index contributed by atoms with van der Waals surface area (Å²) in [5.74, 6) is 0.383. The number of benzene rings is 1. The molecule has 2 unspecified atom stereocenters. The zero-order chi connectivity index (χ0) is 16.9. The molecule has 1 saturated heterocycles. The predicted molar refractivity (Wildman–Crippen MR) is 94.0 cm³/mol. The van der Waals surface area contributed by atoms with Gasteiger partial charge in [-0.3, -0.25) is 14.6 Å². The Hall–Kier alpha value is -2.34. The Kier molecular flexibility index (Phi) is 5.15. The highest BCUT2D eigenvalue weighted by Crippen LogP contribution is 2.41. The molecule has 2 amide bonds. The van der Waals surface area contributed by atoms with Crippen molar-refractivity contribution in [2.75, 3.05) is 5.75 Å². The highest BCUT2D eigenvalue weighted by atomic mass is 32.2. The van der Waals surface area contributed by atoms with Crippen molar-refractivity contribution in [2.24, 2.45) is 0 Å². The van der Waals surface area contributed by atoms with Gasteiger partial charge in [-0.2, -0.15) is 0 Å².